The quantitative estimate of drug-likeness (QED) is 0.624. The van der Waals surface area contributed by atoms with Gasteiger partial charge in [0.2, 0.25) is 11.8 Å². The molecule has 0 bridgehead atoms. The summed E-state index contributed by atoms with van der Waals surface area (Å²) in [5.41, 5.74) is 0.858. The smallest absolute Gasteiger partial charge is 0.414 e. The fourth-order valence-electron chi connectivity index (χ4n) is 3.81. The first-order valence-electron chi connectivity index (χ1n) is 10.6. The number of amides is 3. The van der Waals surface area contributed by atoms with Gasteiger partial charge in [-0.05, 0) is 18.2 Å². The number of halogens is 1. The van der Waals surface area contributed by atoms with Crippen molar-refractivity contribution in [2.24, 2.45) is 0 Å². The zero-order valence-electron chi connectivity index (χ0n) is 18.1. The third-order valence-corrected chi connectivity index (χ3v) is 6.14. The van der Waals surface area contributed by atoms with E-state index in [1.807, 2.05) is 9.80 Å². The van der Waals surface area contributed by atoms with Crippen molar-refractivity contribution in [3.05, 3.63) is 35.6 Å². The van der Waals surface area contributed by atoms with Crippen molar-refractivity contribution in [1.82, 2.24) is 15.2 Å². The minimum atomic E-state index is -0.567. The average Bonchev–Trinajstić information content (AvgIpc) is 3.42. The summed E-state index contributed by atoms with van der Waals surface area (Å²) in [5, 5.41) is 7.75. The molecule has 2 saturated heterocycles. The van der Waals surface area contributed by atoms with Crippen molar-refractivity contribution < 1.29 is 23.5 Å². The highest BCUT2D eigenvalue weighted by Gasteiger charge is 2.33. The Bertz CT molecular complexity index is 1010. The SMILES string of the molecule is CC(=O)NC[C@H]1CN(c2ccc(N3CCN(CC(=O)Nc4nccs4)CC3)c(F)c2)C(=O)O1. The monoisotopic (exact) mass is 476 g/mol. The molecule has 0 unspecified atom stereocenters. The van der Waals surface area contributed by atoms with Crippen molar-refractivity contribution in [1.29, 1.82) is 0 Å². The van der Waals surface area contributed by atoms with E-state index in [4.69, 9.17) is 4.74 Å². The lowest BCUT2D eigenvalue weighted by Crippen LogP contribution is -2.49. The largest absolute Gasteiger partial charge is 0.442 e. The molecule has 0 saturated carbocycles. The summed E-state index contributed by atoms with van der Waals surface area (Å²) in [4.78, 5) is 44.7. The first-order valence-corrected chi connectivity index (χ1v) is 11.5. The molecular weight excluding hydrogens is 451 g/mol. The fraction of sp³-hybridized carbons (Fsp3) is 0.429. The van der Waals surface area contributed by atoms with Crippen molar-refractivity contribution in [3.8, 4) is 0 Å². The minimum absolute atomic E-state index is 0.122. The number of carbonyl (C=O) groups is 3. The van der Waals surface area contributed by atoms with Crippen LogP contribution in [0.3, 0.4) is 0 Å². The molecule has 1 atom stereocenters. The number of anilines is 3. The molecule has 176 valence electrons. The van der Waals surface area contributed by atoms with Gasteiger partial charge in [0.05, 0.1) is 31.0 Å². The number of aromatic nitrogens is 1. The van der Waals surface area contributed by atoms with Crippen LogP contribution in [0.2, 0.25) is 0 Å². The number of ether oxygens (including phenoxy) is 1. The molecule has 2 aliphatic heterocycles. The summed E-state index contributed by atoms with van der Waals surface area (Å²) in [7, 11) is 0. The molecule has 0 spiro atoms. The number of nitrogens with zero attached hydrogens (tertiary/aromatic N) is 4. The number of hydrogen-bond acceptors (Lipinski definition) is 8. The predicted octanol–water partition coefficient (Wildman–Crippen LogP) is 1.50. The normalized spacial score (nSPS) is 18.8. The van der Waals surface area contributed by atoms with E-state index < -0.39 is 18.0 Å². The van der Waals surface area contributed by atoms with Crippen molar-refractivity contribution in [2.75, 3.05) is 60.9 Å². The summed E-state index contributed by atoms with van der Waals surface area (Å²) in [6.45, 7) is 4.48. The molecule has 1 aromatic carbocycles. The van der Waals surface area contributed by atoms with Gasteiger partial charge < -0.3 is 20.3 Å². The van der Waals surface area contributed by atoms with Gasteiger partial charge in [-0.15, -0.1) is 11.3 Å². The second-order valence-corrected chi connectivity index (χ2v) is 8.73. The van der Waals surface area contributed by atoms with Gasteiger partial charge in [-0.3, -0.25) is 19.4 Å². The first kappa shape index (κ1) is 22.9. The average molecular weight is 477 g/mol. The van der Waals surface area contributed by atoms with Crippen LogP contribution in [0.4, 0.5) is 25.7 Å². The maximum absolute atomic E-state index is 14.9. The van der Waals surface area contributed by atoms with Crippen LogP contribution in [0.1, 0.15) is 6.92 Å². The molecule has 4 rings (SSSR count). The van der Waals surface area contributed by atoms with Crippen LogP contribution in [0.25, 0.3) is 0 Å². The van der Waals surface area contributed by atoms with Gasteiger partial charge in [0.1, 0.15) is 11.9 Å². The number of carbonyl (C=O) groups excluding carboxylic acids is 3. The molecule has 2 aliphatic rings. The zero-order valence-corrected chi connectivity index (χ0v) is 18.9. The topological polar surface area (TPSA) is 107 Å². The summed E-state index contributed by atoms with van der Waals surface area (Å²) in [6, 6.07) is 4.67. The lowest BCUT2D eigenvalue weighted by Gasteiger charge is -2.36. The van der Waals surface area contributed by atoms with Gasteiger partial charge >= 0.3 is 6.09 Å². The van der Waals surface area contributed by atoms with Crippen LogP contribution < -0.4 is 20.4 Å². The fourth-order valence-corrected chi connectivity index (χ4v) is 4.36. The molecule has 2 aromatic rings. The zero-order chi connectivity index (χ0) is 23.4. The molecule has 2 N–H and O–H groups in total. The summed E-state index contributed by atoms with van der Waals surface area (Å²) in [5.74, 6) is -0.760. The lowest BCUT2D eigenvalue weighted by atomic mass is 10.2. The second-order valence-electron chi connectivity index (χ2n) is 7.84. The Hall–Kier alpha value is -3.25. The minimum Gasteiger partial charge on any atom is -0.442 e. The van der Waals surface area contributed by atoms with Gasteiger partial charge in [-0.1, -0.05) is 0 Å². The van der Waals surface area contributed by atoms with Gasteiger partial charge in [0.15, 0.2) is 5.13 Å². The molecule has 12 heteroatoms. The Labute approximate surface area is 194 Å². The predicted molar refractivity (Wildman–Crippen MR) is 122 cm³/mol. The highest BCUT2D eigenvalue weighted by molar-refractivity contribution is 7.13. The number of nitrogens with one attached hydrogen (secondary N) is 2. The third kappa shape index (κ3) is 5.76. The number of hydrogen-bond donors (Lipinski definition) is 2. The van der Waals surface area contributed by atoms with Crippen LogP contribution in [-0.4, -0.2) is 79.7 Å². The maximum Gasteiger partial charge on any atom is 0.414 e. The number of piperazine rings is 1. The highest BCUT2D eigenvalue weighted by atomic mass is 32.1. The van der Waals surface area contributed by atoms with E-state index >= 15 is 0 Å². The van der Waals surface area contributed by atoms with E-state index in [2.05, 4.69) is 15.6 Å². The van der Waals surface area contributed by atoms with Gasteiger partial charge in [-0.2, -0.15) is 0 Å². The molecule has 33 heavy (non-hydrogen) atoms. The molecule has 1 aromatic heterocycles. The van der Waals surface area contributed by atoms with Gasteiger partial charge in [0, 0.05) is 44.7 Å². The second kappa shape index (κ2) is 10.1. The van der Waals surface area contributed by atoms with Gasteiger partial charge in [0.25, 0.3) is 0 Å². The molecule has 0 radical (unpaired) electrons. The Morgan fingerprint density at radius 3 is 2.73 bits per heavy atom. The number of cyclic esters (lactones) is 1. The Balaban J connectivity index is 1.30. The molecule has 3 amide bonds. The molecule has 0 aliphatic carbocycles. The lowest BCUT2D eigenvalue weighted by molar-refractivity contribution is -0.119. The molecule has 3 heterocycles. The molecular formula is C21H25FN6O4S. The van der Waals surface area contributed by atoms with Crippen LogP contribution in [-0.2, 0) is 14.3 Å². The molecule has 10 nitrogen and oxygen atoms in total. The maximum atomic E-state index is 14.9. The highest BCUT2D eigenvalue weighted by Crippen LogP contribution is 2.28. The number of benzene rings is 1. The summed E-state index contributed by atoms with van der Waals surface area (Å²) in [6.07, 6.45) is 0.586. The summed E-state index contributed by atoms with van der Waals surface area (Å²) >= 11 is 1.37. The standard InChI is InChI=1S/C21H25FN6O4S/c1-14(29)24-11-16-12-28(21(31)32-16)15-2-3-18(17(22)10-15)27-7-5-26(6-8-27)13-19(30)25-20-23-4-9-33-20/h2-4,9-10,16H,5-8,11-13H2,1H3,(H,24,29)(H,23,25,30)/t16-/m0/s1. The van der Waals surface area contributed by atoms with E-state index in [9.17, 15) is 18.8 Å². The van der Waals surface area contributed by atoms with E-state index in [-0.39, 0.29) is 31.4 Å². The van der Waals surface area contributed by atoms with Crippen molar-refractivity contribution in [3.63, 3.8) is 0 Å². The van der Waals surface area contributed by atoms with E-state index in [1.54, 1.807) is 23.7 Å². The Morgan fingerprint density at radius 2 is 2.06 bits per heavy atom. The first-order chi connectivity index (χ1) is 15.9. The molecule has 2 fully saturated rings. The van der Waals surface area contributed by atoms with Crippen LogP contribution in [0.15, 0.2) is 29.8 Å². The van der Waals surface area contributed by atoms with Crippen molar-refractivity contribution in [2.45, 2.75) is 13.0 Å². The van der Waals surface area contributed by atoms with Crippen molar-refractivity contribution >= 4 is 45.8 Å². The number of thiazole rings is 1. The Kier molecular flexibility index (Phi) is 7.04. The number of rotatable bonds is 7. The Morgan fingerprint density at radius 1 is 1.27 bits per heavy atom. The van der Waals surface area contributed by atoms with E-state index in [1.165, 1.54) is 29.2 Å². The van der Waals surface area contributed by atoms with Gasteiger partial charge in [-0.25, -0.2) is 14.2 Å². The van der Waals surface area contributed by atoms with Crippen LogP contribution >= 0.6 is 11.3 Å². The third-order valence-electron chi connectivity index (χ3n) is 5.45. The van der Waals surface area contributed by atoms with E-state index in [0.717, 1.165) is 0 Å². The van der Waals surface area contributed by atoms with E-state index in [0.29, 0.717) is 42.7 Å². The van der Waals surface area contributed by atoms with Crippen LogP contribution in [0.5, 0.6) is 0 Å². The summed E-state index contributed by atoms with van der Waals surface area (Å²) < 4.78 is 20.2. The van der Waals surface area contributed by atoms with Crippen LogP contribution in [0, 0.1) is 5.82 Å².